The van der Waals surface area contributed by atoms with Crippen molar-refractivity contribution in [1.29, 1.82) is 0 Å². The van der Waals surface area contributed by atoms with Crippen LogP contribution in [0.15, 0.2) is 34.7 Å². The van der Waals surface area contributed by atoms with Crippen molar-refractivity contribution in [1.82, 2.24) is 0 Å². The minimum atomic E-state index is -0.734. The molecule has 2 amide bonds. The van der Waals surface area contributed by atoms with Crippen molar-refractivity contribution in [3.05, 3.63) is 73.5 Å². The molecule has 0 aliphatic heterocycles. The van der Waals surface area contributed by atoms with Crippen LogP contribution in [0.2, 0.25) is 0 Å². The minimum Gasteiger partial charge on any atom is -0.486 e. The summed E-state index contributed by atoms with van der Waals surface area (Å²) in [7, 11) is 1.18. The highest BCUT2D eigenvalue weighted by atomic mass is 32.1. The highest BCUT2D eigenvalue weighted by molar-refractivity contribution is 7.18. The first kappa shape index (κ1) is 23.5. The normalized spacial score (nSPS) is 10.5. The molecule has 0 atom stereocenters. The van der Waals surface area contributed by atoms with Crippen LogP contribution in [0.4, 0.5) is 10.7 Å². The average Bonchev–Trinajstić information content (AvgIpc) is 3.36. The summed E-state index contributed by atoms with van der Waals surface area (Å²) < 4.78 is 15.8. The Morgan fingerprint density at radius 2 is 1.94 bits per heavy atom. The summed E-state index contributed by atoms with van der Waals surface area (Å²) in [6, 6.07) is 7.28. The number of thiophene rings is 1. The van der Waals surface area contributed by atoms with Crippen molar-refractivity contribution in [2.45, 2.75) is 20.5 Å². The van der Waals surface area contributed by atoms with Gasteiger partial charge in [0.05, 0.1) is 22.5 Å². The first-order valence-corrected chi connectivity index (χ1v) is 10.2. The topological polar surface area (TPSA) is 164 Å². The lowest BCUT2D eigenvalue weighted by Crippen LogP contribution is -2.14. The third kappa shape index (κ3) is 5.01. The van der Waals surface area contributed by atoms with Crippen LogP contribution < -0.4 is 15.8 Å². The van der Waals surface area contributed by atoms with Crippen LogP contribution in [0.5, 0.6) is 5.75 Å². The summed E-state index contributed by atoms with van der Waals surface area (Å²) in [4.78, 5) is 46.9. The van der Waals surface area contributed by atoms with E-state index >= 15 is 0 Å². The lowest BCUT2D eigenvalue weighted by Gasteiger charge is -2.06. The molecule has 2 heterocycles. The Labute approximate surface area is 191 Å². The number of amides is 2. The number of nitro groups is 1. The number of ether oxygens (including phenoxy) is 2. The van der Waals surface area contributed by atoms with Gasteiger partial charge >= 0.3 is 5.97 Å². The number of benzene rings is 1. The van der Waals surface area contributed by atoms with Gasteiger partial charge in [-0.15, -0.1) is 11.3 Å². The van der Waals surface area contributed by atoms with Crippen LogP contribution in [0.1, 0.15) is 47.5 Å². The summed E-state index contributed by atoms with van der Waals surface area (Å²) in [5.74, 6) is -1.45. The maximum atomic E-state index is 12.6. The number of methoxy groups -OCH3 is 1. The lowest BCUT2D eigenvalue weighted by molar-refractivity contribution is -0.385. The van der Waals surface area contributed by atoms with Crippen LogP contribution >= 0.6 is 11.3 Å². The fourth-order valence-electron chi connectivity index (χ4n) is 3.00. The number of hydrogen-bond acceptors (Lipinski definition) is 9. The number of nitrogens with zero attached hydrogens (tertiary/aromatic N) is 1. The molecule has 0 aliphatic carbocycles. The number of furan rings is 1. The van der Waals surface area contributed by atoms with E-state index in [0.29, 0.717) is 22.6 Å². The Kier molecular flexibility index (Phi) is 6.78. The molecule has 0 saturated heterocycles. The minimum absolute atomic E-state index is 0.0195. The predicted octanol–water partition coefficient (Wildman–Crippen LogP) is 3.58. The zero-order chi connectivity index (χ0) is 24.3. The summed E-state index contributed by atoms with van der Waals surface area (Å²) in [6.45, 7) is 3.10. The molecule has 2 aromatic heterocycles. The molecular weight excluding hydrogens is 454 g/mol. The van der Waals surface area contributed by atoms with Gasteiger partial charge in [0.2, 0.25) is 0 Å². The number of carbonyl (C=O) groups excluding carboxylic acids is 3. The molecular formula is C21H19N3O8S. The predicted molar refractivity (Wildman–Crippen MR) is 118 cm³/mol. The van der Waals surface area contributed by atoms with E-state index in [0.717, 1.165) is 11.3 Å². The van der Waals surface area contributed by atoms with Crippen molar-refractivity contribution in [2.75, 3.05) is 12.4 Å². The van der Waals surface area contributed by atoms with Crippen molar-refractivity contribution >= 4 is 39.8 Å². The first-order valence-electron chi connectivity index (χ1n) is 9.41. The number of carbonyl (C=O) groups is 3. The number of esters is 1. The second kappa shape index (κ2) is 9.53. The zero-order valence-corrected chi connectivity index (χ0v) is 18.6. The summed E-state index contributed by atoms with van der Waals surface area (Å²) in [5.41, 5.74) is 6.11. The molecule has 11 nitrogen and oxygen atoms in total. The maximum Gasteiger partial charge on any atom is 0.341 e. The number of nitrogens with one attached hydrogen (secondary N) is 1. The van der Waals surface area contributed by atoms with Gasteiger partial charge in [0.15, 0.2) is 5.76 Å². The van der Waals surface area contributed by atoms with Crippen LogP contribution in [0.25, 0.3) is 0 Å². The Morgan fingerprint density at radius 3 is 2.55 bits per heavy atom. The molecule has 33 heavy (non-hydrogen) atoms. The third-order valence-corrected chi connectivity index (χ3v) is 5.84. The van der Waals surface area contributed by atoms with Gasteiger partial charge in [0, 0.05) is 11.6 Å². The van der Waals surface area contributed by atoms with Crippen LogP contribution in [-0.2, 0) is 11.3 Å². The molecule has 0 fully saturated rings. The molecule has 0 unspecified atom stereocenters. The number of nitrogens with two attached hydrogens (primary N) is 1. The Morgan fingerprint density at radius 1 is 1.21 bits per heavy atom. The SMILES string of the molecule is COC(=O)c1c(NC(=O)c2ccc(COc3ccc([N+](=O)[O-])c(C)c3)o2)sc(C(N)=O)c1C. The molecule has 12 heteroatoms. The summed E-state index contributed by atoms with van der Waals surface area (Å²) >= 11 is 0.858. The average molecular weight is 473 g/mol. The molecule has 0 radical (unpaired) electrons. The number of primary amides is 1. The number of hydrogen-bond donors (Lipinski definition) is 2. The monoisotopic (exact) mass is 473 g/mol. The molecule has 0 bridgehead atoms. The number of rotatable bonds is 8. The van der Waals surface area contributed by atoms with E-state index in [1.165, 1.54) is 44.4 Å². The number of nitro benzene ring substituents is 1. The molecule has 172 valence electrons. The zero-order valence-electron chi connectivity index (χ0n) is 17.8. The molecule has 1 aromatic carbocycles. The Bertz CT molecular complexity index is 1260. The van der Waals surface area contributed by atoms with Gasteiger partial charge in [-0.2, -0.15) is 0 Å². The van der Waals surface area contributed by atoms with Gasteiger partial charge in [-0.1, -0.05) is 0 Å². The molecule has 0 spiro atoms. The van der Waals surface area contributed by atoms with Crippen LogP contribution in [0, 0.1) is 24.0 Å². The highest BCUT2D eigenvalue weighted by Gasteiger charge is 2.26. The second-order valence-corrected chi connectivity index (χ2v) is 7.85. The van der Waals surface area contributed by atoms with Gasteiger partial charge in [-0.25, -0.2) is 4.79 Å². The van der Waals surface area contributed by atoms with E-state index in [2.05, 4.69) is 5.32 Å². The van der Waals surface area contributed by atoms with Crippen molar-refractivity contribution < 1.29 is 33.2 Å². The first-order chi connectivity index (χ1) is 15.6. The molecule has 3 N–H and O–H groups in total. The summed E-state index contributed by atoms with van der Waals surface area (Å²) in [5, 5.41) is 13.6. The standard InChI is InChI=1S/C21H19N3O8S/c1-10-8-12(4-6-14(10)24(28)29)31-9-13-5-7-15(32-13)19(26)23-20-16(21(27)30-3)11(2)17(33-20)18(22)25/h4-8H,9H2,1-3H3,(H2,22,25)(H,23,26). The van der Waals surface area contributed by atoms with Crippen LogP contribution in [-0.4, -0.2) is 29.8 Å². The fourth-order valence-corrected chi connectivity index (χ4v) is 4.05. The van der Waals surface area contributed by atoms with E-state index in [4.69, 9.17) is 19.6 Å². The molecule has 0 saturated carbocycles. The lowest BCUT2D eigenvalue weighted by atomic mass is 10.1. The van der Waals surface area contributed by atoms with Crippen molar-refractivity contribution in [3.8, 4) is 5.75 Å². The largest absolute Gasteiger partial charge is 0.486 e. The van der Waals surface area contributed by atoms with E-state index in [9.17, 15) is 24.5 Å². The Hall–Kier alpha value is -4.19. The highest BCUT2D eigenvalue weighted by Crippen LogP contribution is 2.34. The summed E-state index contributed by atoms with van der Waals surface area (Å²) in [6.07, 6.45) is 0. The molecule has 3 aromatic rings. The van der Waals surface area contributed by atoms with E-state index in [1.807, 2.05) is 0 Å². The number of aryl methyl sites for hydroxylation is 1. The van der Waals surface area contributed by atoms with E-state index in [1.54, 1.807) is 6.92 Å². The van der Waals surface area contributed by atoms with Gasteiger partial charge in [0.25, 0.3) is 17.5 Å². The van der Waals surface area contributed by atoms with Crippen LogP contribution in [0.3, 0.4) is 0 Å². The second-order valence-electron chi connectivity index (χ2n) is 6.83. The molecule has 0 aliphatic rings. The smallest absolute Gasteiger partial charge is 0.341 e. The third-order valence-electron chi connectivity index (χ3n) is 4.62. The van der Waals surface area contributed by atoms with Gasteiger partial charge < -0.3 is 24.9 Å². The van der Waals surface area contributed by atoms with Gasteiger partial charge in [0.1, 0.15) is 23.1 Å². The fraction of sp³-hybridized carbons (Fsp3) is 0.190. The Balaban J connectivity index is 1.72. The van der Waals surface area contributed by atoms with Gasteiger partial charge in [-0.05, 0) is 43.7 Å². The van der Waals surface area contributed by atoms with E-state index in [-0.39, 0.29) is 33.5 Å². The van der Waals surface area contributed by atoms with Crippen molar-refractivity contribution in [2.24, 2.45) is 5.73 Å². The maximum absolute atomic E-state index is 12.6. The van der Waals surface area contributed by atoms with Gasteiger partial charge in [-0.3, -0.25) is 19.7 Å². The van der Waals surface area contributed by atoms with Crippen molar-refractivity contribution in [3.63, 3.8) is 0 Å². The van der Waals surface area contributed by atoms with E-state index < -0.39 is 22.7 Å². The molecule has 3 rings (SSSR count). The number of anilines is 1. The quantitative estimate of drug-likeness (QED) is 0.285.